The molecule has 3 N–H and O–H groups in total. The highest BCUT2D eigenvalue weighted by molar-refractivity contribution is 5.89. The molecule has 0 fully saturated rings. The molecule has 0 spiro atoms. The number of nitrogens with two attached hydrogens (primary N) is 1. The molecule has 18 heavy (non-hydrogen) atoms. The molecule has 1 amide bonds. The zero-order chi connectivity index (χ0) is 12.8. The minimum atomic E-state index is -0.196. The zero-order valence-corrected chi connectivity index (χ0v) is 9.63. The third-order valence-electron chi connectivity index (χ3n) is 2.21. The van der Waals surface area contributed by atoms with Gasteiger partial charge in [-0.25, -0.2) is 0 Å². The molecule has 0 aliphatic heterocycles. The number of nitrogen functional groups attached to an aromatic ring is 1. The predicted octanol–water partition coefficient (Wildman–Crippen LogP) is 1.66. The van der Waals surface area contributed by atoms with E-state index in [1.54, 1.807) is 18.2 Å². The first-order valence-corrected chi connectivity index (χ1v) is 5.43. The summed E-state index contributed by atoms with van der Waals surface area (Å²) < 4.78 is 9.99. The maximum absolute atomic E-state index is 11.5. The minimum absolute atomic E-state index is 0.196. The van der Waals surface area contributed by atoms with Gasteiger partial charge in [0, 0.05) is 6.07 Å². The van der Waals surface area contributed by atoms with Gasteiger partial charge in [0.1, 0.15) is 12.0 Å². The van der Waals surface area contributed by atoms with Gasteiger partial charge in [0.2, 0.25) is 5.91 Å². The van der Waals surface area contributed by atoms with E-state index < -0.39 is 0 Å². The number of aromatic nitrogens is 1. The topological polar surface area (TPSA) is 90.4 Å². The molecule has 0 saturated heterocycles. The summed E-state index contributed by atoms with van der Waals surface area (Å²) in [6.45, 7) is 0.248. The van der Waals surface area contributed by atoms with Crippen molar-refractivity contribution >= 4 is 17.4 Å². The van der Waals surface area contributed by atoms with Gasteiger partial charge in [-0.3, -0.25) is 4.79 Å². The second-order valence-corrected chi connectivity index (χ2v) is 3.57. The van der Waals surface area contributed by atoms with Crippen molar-refractivity contribution in [3.8, 4) is 5.75 Å². The van der Waals surface area contributed by atoms with E-state index in [0.717, 1.165) is 0 Å². The van der Waals surface area contributed by atoms with Crippen LogP contribution in [0.4, 0.5) is 11.5 Å². The van der Waals surface area contributed by atoms with Crippen molar-refractivity contribution in [3.05, 3.63) is 36.6 Å². The number of rotatable bonds is 5. The fourth-order valence-electron chi connectivity index (χ4n) is 1.35. The summed E-state index contributed by atoms with van der Waals surface area (Å²) in [5.41, 5.74) is 6.25. The van der Waals surface area contributed by atoms with Gasteiger partial charge in [0.25, 0.3) is 0 Å². The van der Waals surface area contributed by atoms with Crippen LogP contribution in [-0.4, -0.2) is 17.7 Å². The van der Waals surface area contributed by atoms with Crippen molar-refractivity contribution < 1.29 is 14.1 Å². The van der Waals surface area contributed by atoms with Crippen LogP contribution in [0.25, 0.3) is 0 Å². The maximum Gasteiger partial charge on any atom is 0.229 e. The Morgan fingerprint density at radius 2 is 2.22 bits per heavy atom. The lowest BCUT2D eigenvalue weighted by atomic mass is 10.3. The molecule has 0 aliphatic carbocycles. The number of hydrogen-bond acceptors (Lipinski definition) is 5. The monoisotopic (exact) mass is 247 g/mol. The summed E-state index contributed by atoms with van der Waals surface area (Å²) in [5, 5.41) is 6.14. The fraction of sp³-hybridized carbons (Fsp3) is 0.167. The van der Waals surface area contributed by atoms with Crippen LogP contribution in [0.5, 0.6) is 5.75 Å². The molecule has 0 radical (unpaired) electrons. The van der Waals surface area contributed by atoms with E-state index in [2.05, 4.69) is 15.0 Å². The first-order chi connectivity index (χ1) is 8.75. The molecule has 2 aromatic rings. The number of nitrogens with zero attached hydrogens (tertiary/aromatic N) is 1. The molecule has 1 heterocycles. The number of nitrogens with one attached hydrogen (secondary N) is 1. The number of hydrogen-bond donors (Lipinski definition) is 2. The first kappa shape index (κ1) is 12.0. The number of carbonyl (C=O) groups excluding carboxylic acids is 1. The molecule has 1 aromatic heterocycles. The lowest BCUT2D eigenvalue weighted by molar-refractivity contribution is -0.116. The lowest BCUT2D eigenvalue weighted by Gasteiger charge is -2.07. The Morgan fingerprint density at radius 1 is 1.39 bits per heavy atom. The molecule has 0 aliphatic rings. The highest BCUT2D eigenvalue weighted by atomic mass is 16.5. The molecular weight excluding hydrogens is 234 g/mol. The maximum atomic E-state index is 11.5. The van der Waals surface area contributed by atoms with Gasteiger partial charge < -0.3 is 20.3 Å². The summed E-state index contributed by atoms with van der Waals surface area (Å²) in [7, 11) is 0. The quantitative estimate of drug-likeness (QED) is 0.784. The van der Waals surface area contributed by atoms with E-state index >= 15 is 0 Å². The summed E-state index contributed by atoms with van der Waals surface area (Å²) in [6.07, 6.45) is 1.60. The largest absolute Gasteiger partial charge is 0.491 e. The Kier molecular flexibility index (Phi) is 3.80. The number of para-hydroxylation sites is 2. The summed E-state index contributed by atoms with van der Waals surface area (Å²) in [5.74, 6) is 0.768. The molecule has 94 valence electrons. The Labute approximate surface area is 104 Å². The Bertz CT molecular complexity index is 511. The average molecular weight is 247 g/mol. The van der Waals surface area contributed by atoms with Gasteiger partial charge in [-0.2, -0.15) is 0 Å². The Balaban J connectivity index is 1.75. The molecule has 6 nitrogen and oxygen atoms in total. The molecule has 1 aromatic carbocycles. The van der Waals surface area contributed by atoms with Crippen LogP contribution in [0, 0.1) is 0 Å². The summed E-state index contributed by atoms with van der Waals surface area (Å²) >= 11 is 0. The lowest BCUT2D eigenvalue weighted by Crippen LogP contribution is -2.15. The van der Waals surface area contributed by atoms with Crippen LogP contribution in [0.15, 0.2) is 41.1 Å². The Hall–Kier alpha value is -2.50. The van der Waals surface area contributed by atoms with Crippen LogP contribution in [0.1, 0.15) is 6.42 Å². The van der Waals surface area contributed by atoms with Crippen LogP contribution in [0.2, 0.25) is 0 Å². The molecule has 0 saturated carbocycles. The predicted molar refractivity (Wildman–Crippen MR) is 66.1 cm³/mol. The van der Waals surface area contributed by atoms with Crippen LogP contribution >= 0.6 is 0 Å². The average Bonchev–Trinajstić information content (AvgIpc) is 2.84. The number of benzene rings is 1. The molecular formula is C12H13N3O3. The third kappa shape index (κ3) is 3.24. The number of amides is 1. The minimum Gasteiger partial charge on any atom is -0.491 e. The second kappa shape index (κ2) is 5.72. The molecule has 0 atom stereocenters. The number of carbonyl (C=O) groups is 1. The van der Waals surface area contributed by atoms with Crippen molar-refractivity contribution in [2.45, 2.75) is 6.42 Å². The van der Waals surface area contributed by atoms with Crippen LogP contribution < -0.4 is 15.8 Å². The second-order valence-electron chi connectivity index (χ2n) is 3.57. The SMILES string of the molecule is Nc1ccccc1OCCC(=O)Nc1ccon1. The number of ether oxygens (including phenoxy) is 1. The Morgan fingerprint density at radius 3 is 2.94 bits per heavy atom. The standard InChI is InChI=1S/C12H13N3O3/c13-9-3-1-2-4-10(9)17-7-6-12(16)14-11-5-8-18-15-11/h1-5,8H,6-7,13H2,(H,14,15,16). The fourth-order valence-corrected chi connectivity index (χ4v) is 1.35. The zero-order valence-electron chi connectivity index (χ0n) is 9.63. The molecule has 0 unspecified atom stereocenters. The first-order valence-electron chi connectivity index (χ1n) is 5.43. The van der Waals surface area contributed by atoms with Gasteiger partial charge in [-0.15, -0.1) is 0 Å². The number of anilines is 2. The van der Waals surface area contributed by atoms with E-state index in [1.165, 1.54) is 6.26 Å². The van der Waals surface area contributed by atoms with Gasteiger partial charge in [-0.1, -0.05) is 17.3 Å². The van der Waals surface area contributed by atoms with Gasteiger partial charge >= 0.3 is 0 Å². The van der Waals surface area contributed by atoms with E-state index in [0.29, 0.717) is 17.3 Å². The van der Waals surface area contributed by atoms with E-state index in [9.17, 15) is 4.79 Å². The van der Waals surface area contributed by atoms with Crippen molar-refractivity contribution in [2.24, 2.45) is 0 Å². The summed E-state index contributed by atoms with van der Waals surface area (Å²) in [6, 6.07) is 8.70. The van der Waals surface area contributed by atoms with Crippen molar-refractivity contribution in [1.82, 2.24) is 5.16 Å². The normalized spacial score (nSPS) is 10.0. The van der Waals surface area contributed by atoms with Crippen molar-refractivity contribution in [2.75, 3.05) is 17.7 Å². The van der Waals surface area contributed by atoms with Gasteiger partial charge in [0.05, 0.1) is 18.7 Å². The van der Waals surface area contributed by atoms with Crippen LogP contribution in [0.3, 0.4) is 0 Å². The van der Waals surface area contributed by atoms with Gasteiger partial charge in [-0.05, 0) is 12.1 Å². The van der Waals surface area contributed by atoms with E-state index in [1.807, 2.05) is 12.1 Å². The highest BCUT2D eigenvalue weighted by Crippen LogP contribution is 2.19. The van der Waals surface area contributed by atoms with Gasteiger partial charge in [0.15, 0.2) is 5.82 Å². The summed E-state index contributed by atoms with van der Waals surface area (Å²) in [4.78, 5) is 11.5. The third-order valence-corrected chi connectivity index (χ3v) is 2.21. The molecule has 2 rings (SSSR count). The molecule has 0 bridgehead atoms. The smallest absolute Gasteiger partial charge is 0.229 e. The van der Waals surface area contributed by atoms with Crippen LogP contribution in [-0.2, 0) is 4.79 Å². The highest BCUT2D eigenvalue weighted by Gasteiger charge is 2.05. The van der Waals surface area contributed by atoms with Crippen molar-refractivity contribution in [1.29, 1.82) is 0 Å². The van der Waals surface area contributed by atoms with E-state index in [4.69, 9.17) is 10.5 Å². The van der Waals surface area contributed by atoms with Crippen molar-refractivity contribution in [3.63, 3.8) is 0 Å². The molecule has 6 heteroatoms. The van der Waals surface area contributed by atoms with E-state index in [-0.39, 0.29) is 18.9 Å².